The fourth-order valence-corrected chi connectivity index (χ4v) is 1.05. The van der Waals surface area contributed by atoms with Gasteiger partial charge in [-0.2, -0.15) is 0 Å². The van der Waals surface area contributed by atoms with Crippen LogP contribution in [0.25, 0.3) is 0 Å². The van der Waals surface area contributed by atoms with Gasteiger partial charge >= 0.3 is 0 Å². The Bertz CT molecular complexity index is 319. The molecule has 0 aliphatic rings. The Kier molecular flexibility index (Phi) is 3.82. The summed E-state index contributed by atoms with van der Waals surface area (Å²) in [6.07, 6.45) is 1.77. The lowest BCUT2D eigenvalue weighted by molar-refractivity contribution is -0.384. The van der Waals surface area contributed by atoms with Gasteiger partial charge in [-0.3, -0.25) is 10.1 Å². The van der Waals surface area contributed by atoms with Crippen LogP contribution in [0.15, 0.2) is 36.9 Å². The molecule has 14 heavy (non-hydrogen) atoms. The smallest absolute Gasteiger partial charge is 0.269 e. The minimum atomic E-state index is -0.402. The number of hydrogen-bond donors (Lipinski definition) is 1. The van der Waals surface area contributed by atoms with Crippen molar-refractivity contribution >= 4 is 5.69 Å². The van der Waals surface area contributed by atoms with Crippen molar-refractivity contribution in [1.29, 1.82) is 0 Å². The second kappa shape index (κ2) is 5.14. The molecule has 0 aromatic heterocycles. The zero-order valence-corrected chi connectivity index (χ0v) is 7.77. The highest BCUT2D eigenvalue weighted by Gasteiger charge is 2.02. The molecule has 0 saturated heterocycles. The van der Waals surface area contributed by atoms with Crippen LogP contribution in [0.5, 0.6) is 0 Å². The second-order valence-electron chi connectivity index (χ2n) is 2.84. The van der Waals surface area contributed by atoms with E-state index in [4.69, 9.17) is 0 Å². The Morgan fingerprint density at radius 2 is 2.07 bits per heavy atom. The van der Waals surface area contributed by atoms with Gasteiger partial charge in [0.25, 0.3) is 5.69 Å². The summed E-state index contributed by atoms with van der Waals surface area (Å²) in [7, 11) is 0. The first-order chi connectivity index (χ1) is 6.74. The summed E-state index contributed by atoms with van der Waals surface area (Å²) in [5.41, 5.74) is 1.15. The number of benzene rings is 1. The topological polar surface area (TPSA) is 55.2 Å². The molecule has 0 aliphatic carbocycles. The highest BCUT2D eigenvalue weighted by atomic mass is 16.6. The van der Waals surface area contributed by atoms with E-state index in [1.807, 2.05) is 0 Å². The second-order valence-corrected chi connectivity index (χ2v) is 2.84. The van der Waals surface area contributed by atoms with Gasteiger partial charge in [-0.05, 0) is 5.56 Å². The largest absolute Gasteiger partial charge is 0.309 e. The molecule has 0 bridgehead atoms. The lowest BCUT2D eigenvalue weighted by atomic mass is 10.2. The van der Waals surface area contributed by atoms with Gasteiger partial charge in [0.1, 0.15) is 0 Å². The summed E-state index contributed by atoms with van der Waals surface area (Å²) in [5, 5.41) is 13.5. The van der Waals surface area contributed by atoms with E-state index in [9.17, 15) is 10.1 Å². The van der Waals surface area contributed by atoms with E-state index < -0.39 is 4.92 Å². The number of rotatable bonds is 5. The van der Waals surface area contributed by atoms with Crippen LogP contribution in [0.2, 0.25) is 0 Å². The van der Waals surface area contributed by atoms with Crippen LogP contribution in [-0.4, -0.2) is 11.5 Å². The number of nitro groups is 1. The third kappa shape index (κ3) is 2.99. The SMILES string of the molecule is C=CCNCc1ccc([N+](=O)[O-])cc1. The highest BCUT2D eigenvalue weighted by molar-refractivity contribution is 5.32. The molecule has 1 N–H and O–H groups in total. The van der Waals surface area contributed by atoms with Gasteiger partial charge in [0.15, 0.2) is 0 Å². The van der Waals surface area contributed by atoms with Crippen molar-refractivity contribution in [2.45, 2.75) is 6.54 Å². The highest BCUT2D eigenvalue weighted by Crippen LogP contribution is 2.11. The molecule has 0 radical (unpaired) electrons. The molecule has 0 amide bonds. The average molecular weight is 192 g/mol. The lowest BCUT2D eigenvalue weighted by Crippen LogP contribution is -2.12. The van der Waals surface area contributed by atoms with Crippen molar-refractivity contribution in [3.05, 3.63) is 52.6 Å². The molecule has 1 aromatic carbocycles. The van der Waals surface area contributed by atoms with Crippen LogP contribution in [0, 0.1) is 10.1 Å². The van der Waals surface area contributed by atoms with E-state index in [1.165, 1.54) is 12.1 Å². The first-order valence-electron chi connectivity index (χ1n) is 4.29. The quantitative estimate of drug-likeness (QED) is 0.335. The summed E-state index contributed by atoms with van der Waals surface area (Å²) >= 11 is 0. The summed E-state index contributed by atoms with van der Waals surface area (Å²) in [5.74, 6) is 0. The Labute approximate surface area is 82.4 Å². The monoisotopic (exact) mass is 192 g/mol. The minimum absolute atomic E-state index is 0.123. The summed E-state index contributed by atoms with van der Waals surface area (Å²) in [6, 6.07) is 6.50. The van der Waals surface area contributed by atoms with Gasteiger partial charge in [0.2, 0.25) is 0 Å². The van der Waals surface area contributed by atoms with E-state index in [0.717, 1.165) is 12.1 Å². The molecule has 0 spiro atoms. The van der Waals surface area contributed by atoms with Gasteiger partial charge in [-0.15, -0.1) is 6.58 Å². The number of hydrogen-bond acceptors (Lipinski definition) is 3. The standard InChI is InChI=1S/C10H12N2O2/c1-2-7-11-8-9-3-5-10(6-4-9)12(13)14/h2-6,11H,1,7-8H2. The van der Waals surface area contributed by atoms with E-state index in [1.54, 1.807) is 18.2 Å². The molecule has 74 valence electrons. The Hall–Kier alpha value is -1.68. The fraction of sp³-hybridized carbons (Fsp3) is 0.200. The van der Waals surface area contributed by atoms with Gasteiger partial charge in [-0.1, -0.05) is 18.2 Å². The normalized spacial score (nSPS) is 9.71. The van der Waals surface area contributed by atoms with Crippen molar-refractivity contribution in [1.82, 2.24) is 5.32 Å². The van der Waals surface area contributed by atoms with Crippen LogP contribution in [-0.2, 0) is 6.54 Å². The minimum Gasteiger partial charge on any atom is -0.309 e. The van der Waals surface area contributed by atoms with Crippen LogP contribution in [0.4, 0.5) is 5.69 Å². The predicted molar refractivity (Wildman–Crippen MR) is 55.0 cm³/mol. The molecular weight excluding hydrogens is 180 g/mol. The van der Waals surface area contributed by atoms with E-state index in [2.05, 4.69) is 11.9 Å². The van der Waals surface area contributed by atoms with Crippen molar-refractivity contribution in [3.63, 3.8) is 0 Å². The van der Waals surface area contributed by atoms with Crippen LogP contribution >= 0.6 is 0 Å². The Morgan fingerprint density at radius 3 is 2.57 bits per heavy atom. The fourth-order valence-electron chi connectivity index (χ4n) is 1.05. The molecule has 0 aliphatic heterocycles. The van der Waals surface area contributed by atoms with Gasteiger partial charge < -0.3 is 5.32 Å². The maximum Gasteiger partial charge on any atom is 0.269 e. The molecule has 1 aromatic rings. The number of nitrogens with one attached hydrogen (secondary N) is 1. The zero-order valence-electron chi connectivity index (χ0n) is 7.77. The number of non-ortho nitro benzene ring substituents is 1. The van der Waals surface area contributed by atoms with E-state index in [0.29, 0.717) is 6.54 Å². The summed E-state index contributed by atoms with van der Waals surface area (Å²) in [4.78, 5) is 9.95. The van der Waals surface area contributed by atoms with Crippen molar-refractivity contribution in [2.24, 2.45) is 0 Å². The van der Waals surface area contributed by atoms with E-state index in [-0.39, 0.29) is 5.69 Å². The molecule has 0 fully saturated rings. The third-order valence-electron chi connectivity index (χ3n) is 1.76. The van der Waals surface area contributed by atoms with Crippen molar-refractivity contribution in [3.8, 4) is 0 Å². The first kappa shape index (κ1) is 10.4. The first-order valence-corrected chi connectivity index (χ1v) is 4.29. The van der Waals surface area contributed by atoms with Crippen molar-refractivity contribution in [2.75, 3.05) is 6.54 Å². The molecule has 0 unspecified atom stereocenters. The maximum atomic E-state index is 10.3. The molecular formula is C10H12N2O2. The van der Waals surface area contributed by atoms with Crippen LogP contribution in [0.3, 0.4) is 0 Å². The van der Waals surface area contributed by atoms with Crippen molar-refractivity contribution < 1.29 is 4.92 Å². The molecule has 0 saturated carbocycles. The van der Waals surface area contributed by atoms with Gasteiger partial charge in [0.05, 0.1) is 4.92 Å². The summed E-state index contributed by atoms with van der Waals surface area (Å²) < 4.78 is 0. The molecule has 1 rings (SSSR count). The van der Waals surface area contributed by atoms with E-state index >= 15 is 0 Å². The average Bonchev–Trinajstić information content (AvgIpc) is 2.19. The molecule has 0 heterocycles. The Balaban J connectivity index is 2.55. The van der Waals surface area contributed by atoms with Crippen LogP contribution < -0.4 is 5.32 Å². The molecule has 0 atom stereocenters. The number of nitro benzene ring substituents is 1. The maximum absolute atomic E-state index is 10.3. The van der Waals surface area contributed by atoms with Gasteiger partial charge in [-0.25, -0.2) is 0 Å². The number of nitrogens with zero attached hydrogens (tertiary/aromatic N) is 1. The molecule has 4 heteroatoms. The summed E-state index contributed by atoms with van der Waals surface area (Å²) in [6.45, 7) is 5.01. The van der Waals surface area contributed by atoms with Crippen LogP contribution in [0.1, 0.15) is 5.56 Å². The third-order valence-corrected chi connectivity index (χ3v) is 1.76. The Morgan fingerprint density at radius 1 is 1.43 bits per heavy atom. The van der Waals surface area contributed by atoms with Gasteiger partial charge in [0, 0.05) is 25.2 Å². The zero-order chi connectivity index (χ0) is 10.4. The molecule has 4 nitrogen and oxygen atoms in total. The lowest BCUT2D eigenvalue weighted by Gasteiger charge is -2.00. The predicted octanol–water partition coefficient (Wildman–Crippen LogP) is 1.87.